The number of carbonyl (C=O) groups excluding carboxylic acids is 1. The molecule has 4 rings (SSSR count). The molecule has 168 valence electrons. The van der Waals surface area contributed by atoms with Gasteiger partial charge in [-0.3, -0.25) is 4.68 Å². The molecule has 1 aliphatic carbocycles. The Balaban J connectivity index is 1.78. The minimum atomic E-state index is -5.10. The predicted octanol–water partition coefficient (Wildman–Crippen LogP) is 3.74. The van der Waals surface area contributed by atoms with E-state index in [1.54, 1.807) is 6.07 Å². The number of alkyl halides is 5. The number of esters is 1. The first-order valence-electron chi connectivity index (χ1n) is 9.42. The highest BCUT2D eigenvalue weighted by molar-refractivity contribution is 7.91. The molecule has 1 unspecified atom stereocenters. The molecule has 1 saturated heterocycles. The minimum Gasteiger partial charge on any atom is -0.447 e. The van der Waals surface area contributed by atoms with Crippen LogP contribution < -0.4 is 0 Å². The van der Waals surface area contributed by atoms with Crippen LogP contribution in [-0.2, 0) is 27.2 Å². The van der Waals surface area contributed by atoms with Gasteiger partial charge in [-0.2, -0.15) is 18.3 Å². The van der Waals surface area contributed by atoms with Crippen LogP contribution in [0.3, 0.4) is 0 Å². The largest absolute Gasteiger partial charge is 0.447 e. The van der Waals surface area contributed by atoms with E-state index in [1.165, 1.54) is 24.3 Å². The van der Waals surface area contributed by atoms with Gasteiger partial charge in [0.1, 0.15) is 0 Å². The normalized spacial score (nSPS) is 24.5. The molecule has 6 nitrogen and oxygen atoms in total. The van der Waals surface area contributed by atoms with Crippen molar-refractivity contribution >= 4 is 15.8 Å². The summed E-state index contributed by atoms with van der Waals surface area (Å²) in [6.07, 6.45) is -8.35. The van der Waals surface area contributed by atoms with E-state index < -0.39 is 69.2 Å². The first kappa shape index (κ1) is 21.7. The van der Waals surface area contributed by atoms with Crippen LogP contribution in [0.2, 0.25) is 0 Å². The molecule has 2 aromatic rings. The van der Waals surface area contributed by atoms with E-state index in [1.807, 2.05) is 0 Å². The van der Waals surface area contributed by atoms with Gasteiger partial charge in [-0.15, -0.1) is 0 Å². The maximum atomic E-state index is 14.8. The quantitative estimate of drug-likeness (QED) is 0.511. The van der Waals surface area contributed by atoms with Crippen molar-refractivity contribution in [3.63, 3.8) is 0 Å². The lowest BCUT2D eigenvalue weighted by Gasteiger charge is -2.24. The lowest BCUT2D eigenvalue weighted by Crippen LogP contribution is -2.31. The molecule has 0 bridgehead atoms. The maximum Gasteiger partial charge on any atom is 0.435 e. The van der Waals surface area contributed by atoms with E-state index in [4.69, 9.17) is 4.74 Å². The maximum absolute atomic E-state index is 14.8. The van der Waals surface area contributed by atoms with Gasteiger partial charge in [0.2, 0.25) is 0 Å². The van der Waals surface area contributed by atoms with Crippen LogP contribution in [0.4, 0.5) is 22.0 Å². The Morgan fingerprint density at radius 3 is 2.48 bits per heavy atom. The van der Waals surface area contributed by atoms with Crippen molar-refractivity contribution in [3.8, 4) is 0 Å². The minimum absolute atomic E-state index is 0.0916. The van der Waals surface area contributed by atoms with Crippen LogP contribution in [0.5, 0.6) is 0 Å². The van der Waals surface area contributed by atoms with Gasteiger partial charge in [-0.05, 0) is 25.0 Å². The number of rotatable bonds is 3. The molecule has 0 radical (unpaired) electrons. The molecule has 0 spiro atoms. The summed E-state index contributed by atoms with van der Waals surface area (Å²) in [5, 5.41) is 3.49. The Hall–Kier alpha value is -2.50. The fourth-order valence-electron chi connectivity index (χ4n) is 4.06. The number of sulfone groups is 1. The highest BCUT2D eigenvalue weighted by Crippen LogP contribution is 2.51. The summed E-state index contributed by atoms with van der Waals surface area (Å²) in [6, 6.07) is 6.06. The van der Waals surface area contributed by atoms with Crippen LogP contribution in [0.15, 0.2) is 30.3 Å². The number of halogens is 5. The van der Waals surface area contributed by atoms with Crippen molar-refractivity contribution in [1.82, 2.24) is 9.78 Å². The zero-order chi connectivity index (χ0) is 22.6. The fourth-order valence-corrected chi connectivity index (χ4v) is 5.73. The summed E-state index contributed by atoms with van der Waals surface area (Å²) in [5.41, 5.74) is -3.05. The molecule has 0 N–H and O–H groups in total. The average Bonchev–Trinajstić information content (AvgIpc) is 3.15. The van der Waals surface area contributed by atoms with Crippen LogP contribution in [0.25, 0.3) is 0 Å². The number of benzene rings is 1. The standard InChI is InChI=1S/C19H17F5N2O4S/c20-18(21)9-13-14(16(18)30-17(27)11-5-2-1-3-6-11)15(19(22,23)24)25-26(13)12-7-4-8-31(28,29)10-12/h1-3,5-6,12,16H,4,7-10H2/t12?,16-/m0/s1. The molecule has 1 aromatic heterocycles. The zero-order valence-corrected chi connectivity index (χ0v) is 16.7. The molecule has 12 heteroatoms. The monoisotopic (exact) mass is 464 g/mol. The second-order valence-corrected chi connectivity index (χ2v) is 9.88. The van der Waals surface area contributed by atoms with Gasteiger partial charge in [0.25, 0.3) is 5.92 Å². The second-order valence-electron chi connectivity index (χ2n) is 7.65. The van der Waals surface area contributed by atoms with Gasteiger partial charge in [-0.1, -0.05) is 18.2 Å². The van der Waals surface area contributed by atoms with E-state index in [0.717, 1.165) is 4.68 Å². The van der Waals surface area contributed by atoms with Gasteiger partial charge < -0.3 is 4.74 Å². The Morgan fingerprint density at radius 1 is 1.19 bits per heavy atom. The van der Waals surface area contributed by atoms with Gasteiger partial charge in [0.15, 0.2) is 21.6 Å². The second kappa shape index (κ2) is 7.28. The van der Waals surface area contributed by atoms with Crippen molar-refractivity contribution in [2.75, 3.05) is 11.5 Å². The summed E-state index contributed by atoms with van der Waals surface area (Å²) in [4.78, 5) is 12.3. The Kier molecular flexibility index (Phi) is 5.10. The van der Waals surface area contributed by atoms with Crippen LogP contribution in [0, 0.1) is 0 Å². The van der Waals surface area contributed by atoms with Crippen LogP contribution in [0.1, 0.15) is 52.3 Å². The lowest BCUT2D eigenvalue weighted by molar-refractivity contribution is -0.147. The summed E-state index contributed by atoms with van der Waals surface area (Å²) in [6.45, 7) is 0. The van der Waals surface area contributed by atoms with E-state index >= 15 is 0 Å². The van der Waals surface area contributed by atoms with Crippen LogP contribution >= 0.6 is 0 Å². The molecule has 0 saturated carbocycles. The number of hydrogen-bond donors (Lipinski definition) is 0. The summed E-state index contributed by atoms with van der Waals surface area (Å²) in [7, 11) is -3.54. The summed E-state index contributed by atoms with van der Waals surface area (Å²) >= 11 is 0. The Morgan fingerprint density at radius 2 is 1.87 bits per heavy atom. The SMILES string of the molecule is O=C(O[C@H]1c2c(C(F)(F)F)nn(C3CCCS(=O)(=O)C3)c2CC1(F)F)c1ccccc1. The van der Waals surface area contributed by atoms with Crippen molar-refractivity contribution < 1.29 is 39.9 Å². The topological polar surface area (TPSA) is 78.3 Å². The molecule has 2 atom stereocenters. The summed E-state index contributed by atoms with van der Waals surface area (Å²) in [5.74, 6) is -5.61. The zero-order valence-electron chi connectivity index (χ0n) is 15.9. The first-order valence-corrected chi connectivity index (χ1v) is 11.2. The molecule has 31 heavy (non-hydrogen) atoms. The molecule has 0 amide bonds. The molecule has 2 aliphatic rings. The van der Waals surface area contributed by atoms with E-state index in [-0.39, 0.29) is 24.2 Å². The number of carbonyl (C=O) groups is 1. The summed E-state index contributed by atoms with van der Waals surface area (Å²) < 4.78 is 100. The Labute approximate surface area is 173 Å². The molecule has 1 aromatic carbocycles. The van der Waals surface area contributed by atoms with Crippen molar-refractivity contribution in [2.24, 2.45) is 0 Å². The lowest BCUT2D eigenvalue weighted by atomic mass is 10.1. The van der Waals surface area contributed by atoms with Gasteiger partial charge in [0, 0.05) is 0 Å². The molecular formula is C19H17F5N2O4S. The number of hydrogen-bond acceptors (Lipinski definition) is 5. The van der Waals surface area contributed by atoms with Crippen molar-refractivity contribution in [2.45, 2.75) is 43.5 Å². The van der Waals surface area contributed by atoms with Crippen LogP contribution in [-0.4, -0.2) is 41.6 Å². The Bertz CT molecular complexity index is 1110. The third-order valence-corrected chi connectivity index (χ3v) is 7.19. The van der Waals surface area contributed by atoms with Crippen molar-refractivity contribution in [3.05, 3.63) is 52.8 Å². The number of fused-ring (bicyclic) bond motifs is 1. The highest BCUT2D eigenvalue weighted by Gasteiger charge is 2.58. The highest BCUT2D eigenvalue weighted by atomic mass is 32.2. The van der Waals surface area contributed by atoms with E-state index in [2.05, 4.69) is 5.10 Å². The molecule has 1 aliphatic heterocycles. The third kappa shape index (κ3) is 4.04. The van der Waals surface area contributed by atoms with Gasteiger partial charge in [-0.25, -0.2) is 22.0 Å². The predicted molar refractivity (Wildman–Crippen MR) is 97.4 cm³/mol. The molecule has 2 heterocycles. The molecule has 1 fully saturated rings. The van der Waals surface area contributed by atoms with Crippen molar-refractivity contribution in [1.29, 1.82) is 0 Å². The first-order chi connectivity index (χ1) is 14.4. The number of aromatic nitrogens is 2. The number of ether oxygens (including phenoxy) is 1. The number of nitrogens with zero attached hydrogens (tertiary/aromatic N) is 2. The van der Waals surface area contributed by atoms with Gasteiger partial charge in [0.05, 0.1) is 40.8 Å². The smallest absolute Gasteiger partial charge is 0.435 e. The molecular weight excluding hydrogens is 447 g/mol. The fraction of sp³-hybridized carbons (Fsp3) is 0.474. The van der Waals surface area contributed by atoms with Gasteiger partial charge >= 0.3 is 12.1 Å². The third-order valence-electron chi connectivity index (χ3n) is 5.39. The van der Waals surface area contributed by atoms with E-state index in [9.17, 15) is 35.2 Å². The average molecular weight is 464 g/mol. The van der Waals surface area contributed by atoms with E-state index in [0.29, 0.717) is 0 Å².